The summed E-state index contributed by atoms with van der Waals surface area (Å²) in [5.41, 5.74) is 0.203. The molecule has 0 aliphatic carbocycles. The Morgan fingerprint density at radius 1 is 1.20 bits per heavy atom. The largest absolute Gasteiger partial charge is 0.497 e. The Morgan fingerprint density at radius 2 is 2.00 bits per heavy atom. The molecule has 1 atom stereocenters. The molecule has 0 heterocycles. The van der Waals surface area contributed by atoms with E-state index < -0.39 is 11.9 Å². The molecule has 0 aliphatic heterocycles. The van der Waals surface area contributed by atoms with Crippen molar-refractivity contribution in [3.05, 3.63) is 59.7 Å². The van der Waals surface area contributed by atoms with Gasteiger partial charge in [0, 0.05) is 22.3 Å². The maximum atomic E-state index is 13.8. The highest BCUT2D eigenvalue weighted by atomic mass is 32.2. The molecule has 2 aromatic rings. The van der Waals surface area contributed by atoms with E-state index in [2.05, 4.69) is 0 Å². The third-order valence-electron chi connectivity index (χ3n) is 2.77. The van der Waals surface area contributed by atoms with Crippen molar-refractivity contribution in [1.29, 1.82) is 0 Å². The molecule has 0 radical (unpaired) electrons. The second-order valence-electron chi connectivity index (χ2n) is 4.17. The molecule has 0 spiro atoms. The Hall–Kier alpha value is -1.59. The van der Waals surface area contributed by atoms with E-state index in [1.54, 1.807) is 18.2 Å². The van der Waals surface area contributed by atoms with Crippen molar-refractivity contribution < 1.29 is 18.6 Å². The molecule has 0 saturated carbocycles. The number of halogens is 2. The number of aliphatic hydroxyl groups excluding tert-OH is 1. The van der Waals surface area contributed by atoms with Gasteiger partial charge >= 0.3 is 0 Å². The number of aliphatic hydroxyl groups is 1. The van der Waals surface area contributed by atoms with Crippen LogP contribution in [-0.4, -0.2) is 18.0 Å². The Balaban J connectivity index is 2.03. The van der Waals surface area contributed by atoms with Crippen LogP contribution in [-0.2, 0) is 0 Å². The minimum absolute atomic E-state index is 0.203. The molecule has 106 valence electrons. The van der Waals surface area contributed by atoms with Gasteiger partial charge in [0.05, 0.1) is 13.2 Å². The number of methoxy groups -OCH3 is 1. The summed E-state index contributed by atoms with van der Waals surface area (Å²) in [6.07, 6.45) is -0.964. The fourth-order valence-corrected chi connectivity index (χ4v) is 2.63. The molecule has 0 saturated heterocycles. The highest BCUT2D eigenvalue weighted by Crippen LogP contribution is 2.28. The van der Waals surface area contributed by atoms with Crippen LogP contribution in [0.5, 0.6) is 5.75 Å². The minimum atomic E-state index is -0.964. The first-order valence-electron chi connectivity index (χ1n) is 6.00. The van der Waals surface area contributed by atoms with E-state index in [4.69, 9.17) is 4.74 Å². The van der Waals surface area contributed by atoms with E-state index in [0.29, 0.717) is 10.6 Å². The van der Waals surface area contributed by atoms with Crippen LogP contribution in [0.15, 0.2) is 47.4 Å². The number of thioether (sulfide) groups is 1. The standard InChI is InChI=1S/C15H14F2O2S/c1-19-11-5-6-13(14(17)8-11)15(18)9-20-12-4-2-3-10(16)7-12/h2-8,15,18H,9H2,1H3. The number of rotatable bonds is 5. The van der Waals surface area contributed by atoms with Crippen LogP contribution in [0.3, 0.4) is 0 Å². The zero-order valence-electron chi connectivity index (χ0n) is 10.8. The van der Waals surface area contributed by atoms with Gasteiger partial charge in [0.1, 0.15) is 17.4 Å². The van der Waals surface area contributed by atoms with Crippen LogP contribution in [0.2, 0.25) is 0 Å². The maximum absolute atomic E-state index is 13.8. The predicted molar refractivity (Wildman–Crippen MR) is 75.0 cm³/mol. The molecule has 0 aromatic heterocycles. The van der Waals surface area contributed by atoms with Gasteiger partial charge in [-0.15, -0.1) is 11.8 Å². The van der Waals surface area contributed by atoms with E-state index in [-0.39, 0.29) is 17.1 Å². The molecule has 1 unspecified atom stereocenters. The zero-order chi connectivity index (χ0) is 14.5. The van der Waals surface area contributed by atoms with Gasteiger partial charge in [-0.1, -0.05) is 6.07 Å². The first-order valence-corrected chi connectivity index (χ1v) is 6.98. The molecule has 0 amide bonds. The number of benzene rings is 2. The molecule has 0 bridgehead atoms. The fourth-order valence-electron chi connectivity index (χ4n) is 1.73. The van der Waals surface area contributed by atoms with Gasteiger partial charge in [-0.2, -0.15) is 0 Å². The van der Waals surface area contributed by atoms with Crippen molar-refractivity contribution in [2.75, 3.05) is 12.9 Å². The summed E-state index contributed by atoms with van der Waals surface area (Å²) in [6, 6.07) is 10.4. The third-order valence-corrected chi connectivity index (χ3v) is 3.84. The van der Waals surface area contributed by atoms with Crippen LogP contribution >= 0.6 is 11.8 Å². The van der Waals surface area contributed by atoms with Crippen molar-refractivity contribution in [2.24, 2.45) is 0 Å². The van der Waals surface area contributed by atoms with Crippen LogP contribution in [0.4, 0.5) is 8.78 Å². The zero-order valence-corrected chi connectivity index (χ0v) is 11.7. The van der Waals surface area contributed by atoms with Crippen LogP contribution < -0.4 is 4.74 Å². The molecule has 1 N–H and O–H groups in total. The van der Waals surface area contributed by atoms with E-state index in [1.807, 2.05) is 0 Å². The quantitative estimate of drug-likeness (QED) is 0.851. The van der Waals surface area contributed by atoms with E-state index >= 15 is 0 Å². The van der Waals surface area contributed by atoms with Crippen LogP contribution in [0.25, 0.3) is 0 Å². The van der Waals surface area contributed by atoms with Gasteiger partial charge in [-0.25, -0.2) is 8.78 Å². The minimum Gasteiger partial charge on any atom is -0.497 e. The average molecular weight is 296 g/mol. The SMILES string of the molecule is COc1ccc(C(O)CSc2cccc(F)c2)c(F)c1. The molecule has 2 aromatic carbocycles. The summed E-state index contributed by atoms with van der Waals surface area (Å²) in [6.45, 7) is 0. The van der Waals surface area contributed by atoms with E-state index in [9.17, 15) is 13.9 Å². The second-order valence-corrected chi connectivity index (χ2v) is 5.27. The van der Waals surface area contributed by atoms with Gasteiger partial charge in [0.2, 0.25) is 0 Å². The Morgan fingerprint density at radius 3 is 2.65 bits per heavy atom. The summed E-state index contributed by atoms with van der Waals surface area (Å²) >= 11 is 1.27. The van der Waals surface area contributed by atoms with E-state index in [0.717, 1.165) is 0 Å². The number of hydrogen-bond donors (Lipinski definition) is 1. The molecular formula is C15H14F2O2S. The van der Waals surface area contributed by atoms with Crippen LogP contribution in [0.1, 0.15) is 11.7 Å². The number of hydrogen-bond acceptors (Lipinski definition) is 3. The molecule has 0 fully saturated rings. The van der Waals surface area contributed by atoms with Crippen molar-refractivity contribution >= 4 is 11.8 Å². The molecular weight excluding hydrogens is 282 g/mol. The summed E-state index contributed by atoms with van der Waals surface area (Å²) in [4.78, 5) is 0.693. The highest BCUT2D eigenvalue weighted by Gasteiger charge is 2.14. The van der Waals surface area contributed by atoms with Gasteiger partial charge in [0.25, 0.3) is 0 Å². The topological polar surface area (TPSA) is 29.5 Å². The Kier molecular flexibility index (Phi) is 4.98. The Labute approximate surface area is 120 Å². The average Bonchev–Trinajstić information content (AvgIpc) is 2.44. The van der Waals surface area contributed by atoms with Gasteiger partial charge in [-0.05, 0) is 30.3 Å². The summed E-state index contributed by atoms with van der Waals surface area (Å²) in [7, 11) is 1.45. The lowest BCUT2D eigenvalue weighted by Gasteiger charge is -2.12. The summed E-state index contributed by atoms with van der Waals surface area (Å²) in [5, 5.41) is 10.0. The normalized spacial score (nSPS) is 12.2. The molecule has 5 heteroatoms. The molecule has 20 heavy (non-hydrogen) atoms. The van der Waals surface area contributed by atoms with Crippen molar-refractivity contribution in [1.82, 2.24) is 0 Å². The van der Waals surface area contributed by atoms with Gasteiger partial charge in [-0.3, -0.25) is 0 Å². The highest BCUT2D eigenvalue weighted by molar-refractivity contribution is 7.99. The monoisotopic (exact) mass is 296 g/mol. The second kappa shape index (κ2) is 6.72. The molecule has 2 nitrogen and oxygen atoms in total. The lowest BCUT2D eigenvalue weighted by Crippen LogP contribution is -2.03. The predicted octanol–water partition coefficient (Wildman–Crippen LogP) is 3.80. The van der Waals surface area contributed by atoms with Crippen LogP contribution in [0, 0.1) is 11.6 Å². The maximum Gasteiger partial charge on any atom is 0.132 e. The first-order chi connectivity index (χ1) is 9.60. The van der Waals surface area contributed by atoms with Crippen molar-refractivity contribution in [3.63, 3.8) is 0 Å². The summed E-state index contributed by atoms with van der Waals surface area (Å²) in [5.74, 6) is -0.208. The van der Waals surface area contributed by atoms with Crippen molar-refractivity contribution in [2.45, 2.75) is 11.0 Å². The fraction of sp³-hybridized carbons (Fsp3) is 0.200. The lowest BCUT2D eigenvalue weighted by atomic mass is 10.1. The van der Waals surface area contributed by atoms with Gasteiger partial charge in [0.15, 0.2) is 0 Å². The summed E-state index contributed by atoms with van der Waals surface area (Å²) < 4.78 is 31.7. The molecule has 2 rings (SSSR count). The van der Waals surface area contributed by atoms with E-state index in [1.165, 1.54) is 43.1 Å². The molecule has 0 aliphatic rings. The Bertz CT molecular complexity index is 590. The first kappa shape index (κ1) is 14.8. The van der Waals surface area contributed by atoms with Gasteiger partial charge < -0.3 is 9.84 Å². The third kappa shape index (κ3) is 3.71. The lowest BCUT2D eigenvalue weighted by molar-refractivity contribution is 0.198. The van der Waals surface area contributed by atoms with Crippen molar-refractivity contribution in [3.8, 4) is 5.75 Å². The smallest absolute Gasteiger partial charge is 0.132 e. The number of ether oxygens (including phenoxy) is 1.